The van der Waals surface area contributed by atoms with E-state index < -0.39 is 0 Å². The van der Waals surface area contributed by atoms with Crippen molar-refractivity contribution in [2.24, 2.45) is 5.73 Å². The molecule has 0 saturated heterocycles. The van der Waals surface area contributed by atoms with Gasteiger partial charge >= 0.3 is 0 Å². The summed E-state index contributed by atoms with van der Waals surface area (Å²) in [5.74, 6) is -0.0427. The van der Waals surface area contributed by atoms with Gasteiger partial charge in [-0.05, 0) is 22.5 Å². The molecule has 0 heterocycles. The first-order chi connectivity index (χ1) is 7.30. The van der Waals surface area contributed by atoms with Crippen molar-refractivity contribution in [2.75, 3.05) is 0 Å². The van der Waals surface area contributed by atoms with Crippen LogP contribution in [0.25, 0.3) is 0 Å². The number of hydrogen-bond acceptors (Lipinski definition) is 1. The maximum atomic E-state index is 10.8. The molecular formula is C14H21NO. The summed E-state index contributed by atoms with van der Waals surface area (Å²) in [6, 6.07) is 8.45. The Balaban J connectivity index is 2.83. The van der Waals surface area contributed by atoms with Crippen LogP contribution in [-0.4, -0.2) is 5.91 Å². The fraction of sp³-hybridized carbons (Fsp3) is 0.500. The number of amides is 1. The van der Waals surface area contributed by atoms with Crippen LogP contribution < -0.4 is 5.73 Å². The standard InChI is InChI=1S/C14H21NO/c1-10(9-13(15)16)11-5-7-12(8-6-11)14(2,3)4/h5-8,10H,9H2,1-4H3,(H2,15,16). The number of nitrogens with two attached hydrogens (primary N) is 1. The van der Waals surface area contributed by atoms with E-state index in [9.17, 15) is 4.79 Å². The third-order valence-electron chi connectivity index (χ3n) is 2.85. The highest BCUT2D eigenvalue weighted by atomic mass is 16.1. The first-order valence-electron chi connectivity index (χ1n) is 5.69. The maximum Gasteiger partial charge on any atom is 0.218 e. The van der Waals surface area contributed by atoms with Crippen molar-refractivity contribution in [1.29, 1.82) is 0 Å². The van der Waals surface area contributed by atoms with Crippen LogP contribution in [0.15, 0.2) is 24.3 Å². The fourth-order valence-electron chi connectivity index (χ4n) is 1.73. The number of benzene rings is 1. The van der Waals surface area contributed by atoms with E-state index in [1.165, 1.54) is 11.1 Å². The number of rotatable bonds is 3. The number of primary amides is 1. The van der Waals surface area contributed by atoms with Crippen molar-refractivity contribution in [1.82, 2.24) is 0 Å². The van der Waals surface area contributed by atoms with Gasteiger partial charge in [0.15, 0.2) is 0 Å². The second-order valence-electron chi connectivity index (χ2n) is 5.44. The molecule has 0 radical (unpaired) electrons. The number of carbonyl (C=O) groups is 1. The zero-order chi connectivity index (χ0) is 12.3. The third kappa shape index (κ3) is 3.37. The van der Waals surface area contributed by atoms with E-state index in [0.29, 0.717) is 6.42 Å². The molecule has 1 atom stereocenters. The lowest BCUT2D eigenvalue weighted by molar-refractivity contribution is -0.118. The molecule has 1 amide bonds. The smallest absolute Gasteiger partial charge is 0.218 e. The molecule has 0 aliphatic rings. The Labute approximate surface area is 97.9 Å². The zero-order valence-electron chi connectivity index (χ0n) is 10.6. The van der Waals surface area contributed by atoms with Crippen LogP contribution in [0.2, 0.25) is 0 Å². The molecule has 0 aromatic heterocycles. The molecule has 0 spiro atoms. The monoisotopic (exact) mass is 219 g/mol. The van der Waals surface area contributed by atoms with Crippen LogP contribution in [-0.2, 0) is 10.2 Å². The molecular weight excluding hydrogens is 198 g/mol. The second-order valence-corrected chi connectivity index (χ2v) is 5.44. The lowest BCUT2D eigenvalue weighted by atomic mass is 9.85. The van der Waals surface area contributed by atoms with Gasteiger partial charge in [0.05, 0.1) is 0 Å². The Kier molecular flexibility index (Phi) is 3.74. The molecule has 0 bridgehead atoms. The minimum atomic E-state index is -0.243. The van der Waals surface area contributed by atoms with Gasteiger partial charge in [0.1, 0.15) is 0 Å². The minimum Gasteiger partial charge on any atom is -0.370 e. The second kappa shape index (κ2) is 4.69. The topological polar surface area (TPSA) is 43.1 Å². The van der Waals surface area contributed by atoms with E-state index in [0.717, 1.165) is 0 Å². The molecule has 88 valence electrons. The molecule has 2 nitrogen and oxygen atoms in total. The quantitative estimate of drug-likeness (QED) is 0.834. The Morgan fingerprint density at radius 3 is 2.12 bits per heavy atom. The van der Waals surface area contributed by atoms with Crippen molar-refractivity contribution in [3.8, 4) is 0 Å². The van der Waals surface area contributed by atoms with Crippen molar-refractivity contribution >= 4 is 5.91 Å². The Morgan fingerprint density at radius 2 is 1.75 bits per heavy atom. The highest BCUT2D eigenvalue weighted by Crippen LogP contribution is 2.25. The van der Waals surface area contributed by atoms with E-state index in [1.54, 1.807) is 0 Å². The van der Waals surface area contributed by atoms with Crippen molar-refractivity contribution in [2.45, 2.75) is 45.4 Å². The molecule has 16 heavy (non-hydrogen) atoms. The van der Waals surface area contributed by atoms with Gasteiger partial charge in [-0.2, -0.15) is 0 Å². The van der Waals surface area contributed by atoms with Crippen LogP contribution in [0, 0.1) is 0 Å². The number of hydrogen-bond donors (Lipinski definition) is 1. The summed E-state index contributed by atoms with van der Waals surface area (Å²) < 4.78 is 0. The van der Waals surface area contributed by atoms with Gasteiger partial charge in [0.2, 0.25) is 5.91 Å². The van der Waals surface area contributed by atoms with E-state index in [1.807, 2.05) is 6.92 Å². The average Bonchev–Trinajstić information content (AvgIpc) is 2.15. The number of carbonyl (C=O) groups excluding carboxylic acids is 1. The minimum absolute atomic E-state index is 0.172. The van der Waals surface area contributed by atoms with Crippen LogP contribution in [0.4, 0.5) is 0 Å². The fourth-order valence-corrected chi connectivity index (χ4v) is 1.73. The highest BCUT2D eigenvalue weighted by Gasteiger charge is 2.14. The predicted molar refractivity (Wildman–Crippen MR) is 67.4 cm³/mol. The average molecular weight is 219 g/mol. The largest absolute Gasteiger partial charge is 0.370 e. The maximum absolute atomic E-state index is 10.8. The molecule has 1 aromatic carbocycles. The van der Waals surface area contributed by atoms with E-state index in [-0.39, 0.29) is 17.2 Å². The van der Waals surface area contributed by atoms with Gasteiger partial charge in [-0.1, -0.05) is 52.0 Å². The lowest BCUT2D eigenvalue weighted by Crippen LogP contribution is -2.14. The SMILES string of the molecule is CC(CC(N)=O)c1ccc(C(C)(C)C)cc1. The van der Waals surface area contributed by atoms with Gasteiger partial charge in [-0.15, -0.1) is 0 Å². The van der Waals surface area contributed by atoms with Crippen molar-refractivity contribution < 1.29 is 4.79 Å². The molecule has 1 aromatic rings. The van der Waals surface area contributed by atoms with Crippen LogP contribution in [0.3, 0.4) is 0 Å². The molecule has 0 aliphatic heterocycles. The molecule has 1 rings (SSSR count). The summed E-state index contributed by atoms with van der Waals surface area (Å²) in [6.07, 6.45) is 0.412. The van der Waals surface area contributed by atoms with Gasteiger partial charge in [0.25, 0.3) is 0 Å². The van der Waals surface area contributed by atoms with E-state index in [4.69, 9.17) is 5.73 Å². The molecule has 0 aliphatic carbocycles. The summed E-state index contributed by atoms with van der Waals surface area (Å²) >= 11 is 0. The van der Waals surface area contributed by atoms with Crippen LogP contribution in [0.1, 0.15) is 51.2 Å². The Bertz CT molecular complexity index is 359. The Hall–Kier alpha value is -1.31. The van der Waals surface area contributed by atoms with E-state index in [2.05, 4.69) is 45.0 Å². The highest BCUT2D eigenvalue weighted by molar-refractivity contribution is 5.74. The molecule has 2 N–H and O–H groups in total. The van der Waals surface area contributed by atoms with E-state index >= 15 is 0 Å². The summed E-state index contributed by atoms with van der Waals surface area (Å²) in [5.41, 5.74) is 7.84. The van der Waals surface area contributed by atoms with Crippen molar-refractivity contribution in [3.05, 3.63) is 35.4 Å². The molecule has 2 heteroatoms. The summed E-state index contributed by atoms with van der Waals surface area (Å²) in [6.45, 7) is 8.59. The lowest BCUT2D eigenvalue weighted by Gasteiger charge is -2.20. The summed E-state index contributed by atoms with van der Waals surface area (Å²) in [4.78, 5) is 10.8. The van der Waals surface area contributed by atoms with Gasteiger partial charge < -0.3 is 5.73 Å². The Morgan fingerprint density at radius 1 is 1.25 bits per heavy atom. The molecule has 1 unspecified atom stereocenters. The third-order valence-corrected chi connectivity index (χ3v) is 2.85. The first-order valence-corrected chi connectivity index (χ1v) is 5.69. The van der Waals surface area contributed by atoms with Crippen LogP contribution in [0.5, 0.6) is 0 Å². The summed E-state index contributed by atoms with van der Waals surface area (Å²) in [7, 11) is 0. The predicted octanol–water partition coefficient (Wildman–Crippen LogP) is 2.96. The van der Waals surface area contributed by atoms with Crippen molar-refractivity contribution in [3.63, 3.8) is 0 Å². The zero-order valence-corrected chi connectivity index (χ0v) is 10.6. The van der Waals surface area contributed by atoms with Gasteiger partial charge in [-0.3, -0.25) is 4.79 Å². The van der Waals surface area contributed by atoms with Gasteiger partial charge in [0, 0.05) is 6.42 Å². The molecule has 0 fully saturated rings. The van der Waals surface area contributed by atoms with Crippen LogP contribution >= 0.6 is 0 Å². The summed E-state index contributed by atoms with van der Waals surface area (Å²) in [5, 5.41) is 0. The molecule has 0 saturated carbocycles. The first kappa shape index (κ1) is 12.8. The van der Waals surface area contributed by atoms with Gasteiger partial charge in [-0.25, -0.2) is 0 Å². The normalized spacial score (nSPS) is 13.5.